The molecular formula is C18H30N4O. The largest absolute Gasteiger partial charge is 0.352 e. The first-order chi connectivity index (χ1) is 11.1. The van der Waals surface area contributed by atoms with Crippen LogP contribution >= 0.6 is 0 Å². The minimum atomic E-state index is 0.217. The Morgan fingerprint density at radius 2 is 1.91 bits per heavy atom. The second-order valence-electron chi connectivity index (χ2n) is 7.38. The molecule has 0 spiro atoms. The third kappa shape index (κ3) is 4.56. The van der Waals surface area contributed by atoms with Gasteiger partial charge in [0.2, 0.25) is 5.91 Å². The normalized spacial score (nSPS) is 21.0. The molecule has 128 valence electrons. The Morgan fingerprint density at radius 1 is 1.22 bits per heavy atom. The van der Waals surface area contributed by atoms with Crippen molar-refractivity contribution in [3.05, 3.63) is 17.5 Å². The van der Waals surface area contributed by atoms with Gasteiger partial charge in [-0.3, -0.25) is 14.4 Å². The molecule has 1 saturated carbocycles. The Morgan fingerprint density at radius 3 is 2.52 bits per heavy atom. The highest BCUT2D eigenvalue weighted by Crippen LogP contribution is 2.20. The number of aromatic nitrogens is 2. The molecule has 1 amide bonds. The highest BCUT2D eigenvalue weighted by molar-refractivity contribution is 5.78. The molecule has 5 heteroatoms. The SMILES string of the molecule is Cc1cc(C)n(CC2CCN(CC(=O)NC3CCCC3)CC2)n1. The summed E-state index contributed by atoms with van der Waals surface area (Å²) in [5.74, 6) is 0.899. The fourth-order valence-corrected chi connectivity index (χ4v) is 3.98. The lowest BCUT2D eigenvalue weighted by molar-refractivity contribution is -0.123. The van der Waals surface area contributed by atoms with Crippen LogP contribution in [0.3, 0.4) is 0 Å². The van der Waals surface area contributed by atoms with Gasteiger partial charge in [-0.15, -0.1) is 0 Å². The molecule has 2 heterocycles. The number of hydrogen-bond acceptors (Lipinski definition) is 3. The monoisotopic (exact) mass is 318 g/mol. The first-order valence-corrected chi connectivity index (χ1v) is 9.13. The summed E-state index contributed by atoms with van der Waals surface area (Å²) in [6.45, 7) is 7.83. The van der Waals surface area contributed by atoms with E-state index in [0.29, 0.717) is 18.5 Å². The zero-order valence-electron chi connectivity index (χ0n) is 14.6. The molecule has 23 heavy (non-hydrogen) atoms. The smallest absolute Gasteiger partial charge is 0.234 e. The van der Waals surface area contributed by atoms with E-state index >= 15 is 0 Å². The fraction of sp³-hybridized carbons (Fsp3) is 0.778. The molecule has 2 aliphatic rings. The second kappa shape index (κ2) is 7.47. The van der Waals surface area contributed by atoms with Gasteiger partial charge in [-0.2, -0.15) is 5.10 Å². The van der Waals surface area contributed by atoms with Gasteiger partial charge in [0.1, 0.15) is 0 Å². The highest BCUT2D eigenvalue weighted by atomic mass is 16.2. The Hall–Kier alpha value is -1.36. The molecule has 0 atom stereocenters. The van der Waals surface area contributed by atoms with Crippen LogP contribution in [-0.2, 0) is 11.3 Å². The Bertz CT molecular complexity index is 525. The molecular weight excluding hydrogens is 288 g/mol. The standard InChI is InChI=1S/C18H30N4O/c1-14-11-15(2)22(20-14)12-16-7-9-21(10-8-16)13-18(23)19-17-5-3-4-6-17/h11,16-17H,3-10,12-13H2,1-2H3,(H,19,23). The van der Waals surface area contributed by atoms with E-state index in [1.807, 2.05) is 0 Å². The van der Waals surface area contributed by atoms with Crippen LogP contribution < -0.4 is 5.32 Å². The molecule has 2 fully saturated rings. The van der Waals surface area contributed by atoms with E-state index in [0.717, 1.165) is 51.0 Å². The molecule has 0 aromatic carbocycles. The van der Waals surface area contributed by atoms with Gasteiger partial charge in [-0.25, -0.2) is 0 Å². The van der Waals surface area contributed by atoms with Crippen LogP contribution in [0.2, 0.25) is 0 Å². The quantitative estimate of drug-likeness (QED) is 0.906. The van der Waals surface area contributed by atoms with Crippen molar-refractivity contribution in [2.45, 2.75) is 65.0 Å². The number of amides is 1. The lowest BCUT2D eigenvalue weighted by Gasteiger charge is -2.31. The van der Waals surface area contributed by atoms with Crippen LogP contribution in [0.4, 0.5) is 0 Å². The van der Waals surface area contributed by atoms with E-state index in [9.17, 15) is 4.79 Å². The number of nitrogens with one attached hydrogen (secondary N) is 1. The van der Waals surface area contributed by atoms with Gasteiger partial charge in [0.15, 0.2) is 0 Å². The lowest BCUT2D eigenvalue weighted by Crippen LogP contribution is -2.44. The fourth-order valence-electron chi connectivity index (χ4n) is 3.98. The van der Waals surface area contributed by atoms with E-state index < -0.39 is 0 Å². The molecule has 1 aromatic heterocycles. The second-order valence-corrected chi connectivity index (χ2v) is 7.38. The summed E-state index contributed by atoms with van der Waals surface area (Å²) in [5.41, 5.74) is 2.35. The number of likely N-dealkylation sites (tertiary alicyclic amines) is 1. The number of rotatable bonds is 5. The summed E-state index contributed by atoms with van der Waals surface area (Å²) in [6, 6.07) is 2.58. The summed E-state index contributed by atoms with van der Waals surface area (Å²) in [7, 11) is 0. The maximum absolute atomic E-state index is 12.1. The average molecular weight is 318 g/mol. The molecule has 1 aliphatic carbocycles. The summed E-state index contributed by atoms with van der Waals surface area (Å²) in [6.07, 6.45) is 7.18. The summed E-state index contributed by atoms with van der Waals surface area (Å²) in [4.78, 5) is 14.4. The van der Waals surface area contributed by atoms with Crippen molar-refractivity contribution in [1.29, 1.82) is 0 Å². The number of carbonyl (C=O) groups is 1. The van der Waals surface area contributed by atoms with E-state index in [2.05, 4.69) is 39.9 Å². The Kier molecular flexibility index (Phi) is 5.36. The summed E-state index contributed by atoms with van der Waals surface area (Å²) >= 11 is 0. The van der Waals surface area contributed by atoms with E-state index in [4.69, 9.17) is 0 Å². The molecule has 1 aromatic rings. The number of carbonyl (C=O) groups excluding carboxylic acids is 1. The van der Waals surface area contributed by atoms with Gasteiger partial charge in [-0.05, 0) is 64.6 Å². The molecule has 0 radical (unpaired) electrons. The molecule has 3 rings (SSSR count). The van der Waals surface area contributed by atoms with Crippen molar-refractivity contribution < 1.29 is 4.79 Å². The van der Waals surface area contributed by atoms with Gasteiger partial charge >= 0.3 is 0 Å². The van der Waals surface area contributed by atoms with E-state index in [1.54, 1.807) is 0 Å². The van der Waals surface area contributed by atoms with Crippen molar-refractivity contribution in [3.63, 3.8) is 0 Å². The zero-order chi connectivity index (χ0) is 16.2. The van der Waals surface area contributed by atoms with Crippen molar-refractivity contribution in [2.24, 2.45) is 5.92 Å². The highest BCUT2D eigenvalue weighted by Gasteiger charge is 2.23. The van der Waals surface area contributed by atoms with E-state index in [-0.39, 0.29) is 5.91 Å². The van der Waals surface area contributed by atoms with Crippen molar-refractivity contribution in [3.8, 4) is 0 Å². The van der Waals surface area contributed by atoms with Gasteiger partial charge in [0.25, 0.3) is 0 Å². The number of hydrogen-bond donors (Lipinski definition) is 1. The average Bonchev–Trinajstić information content (AvgIpc) is 3.11. The van der Waals surface area contributed by atoms with Gasteiger partial charge < -0.3 is 5.32 Å². The predicted molar refractivity (Wildman–Crippen MR) is 91.3 cm³/mol. The minimum absolute atomic E-state index is 0.217. The van der Waals surface area contributed by atoms with Crippen LogP contribution in [0.25, 0.3) is 0 Å². The maximum Gasteiger partial charge on any atom is 0.234 e. The molecule has 1 saturated heterocycles. The van der Waals surface area contributed by atoms with Crippen molar-refractivity contribution in [1.82, 2.24) is 20.0 Å². The van der Waals surface area contributed by atoms with Gasteiger partial charge in [0.05, 0.1) is 12.2 Å². The first-order valence-electron chi connectivity index (χ1n) is 9.13. The van der Waals surface area contributed by atoms with Gasteiger partial charge in [-0.1, -0.05) is 12.8 Å². The molecule has 0 unspecified atom stereocenters. The molecule has 1 aliphatic heterocycles. The topological polar surface area (TPSA) is 50.2 Å². The lowest BCUT2D eigenvalue weighted by atomic mass is 9.97. The van der Waals surface area contributed by atoms with Crippen LogP contribution in [0.1, 0.15) is 49.9 Å². The minimum Gasteiger partial charge on any atom is -0.352 e. The van der Waals surface area contributed by atoms with Gasteiger partial charge in [0, 0.05) is 18.3 Å². The summed E-state index contributed by atoms with van der Waals surface area (Å²) in [5, 5.41) is 7.76. The maximum atomic E-state index is 12.1. The van der Waals surface area contributed by atoms with E-state index in [1.165, 1.54) is 18.5 Å². The van der Waals surface area contributed by atoms with Crippen LogP contribution in [0.5, 0.6) is 0 Å². The summed E-state index contributed by atoms with van der Waals surface area (Å²) < 4.78 is 2.14. The first kappa shape index (κ1) is 16.5. The predicted octanol–water partition coefficient (Wildman–Crippen LogP) is 2.27. The van der Waals surface area contributed by atoms with Crippen LogP contribution in [-0.4, -0.2) is 46.3 Å². The molecule has 0 bridgehead atoms. The number of aryl methyl sites for hydroxylation is 2. The van der Waals surface area contributed by atoms with Crippen molar-refractivity contribution in [2.75, 3.05) is 19.6 Å². The third-order valence-electron chi connectivity index (χ3n) is 5.33. The van der Waals surface area contributed by atoms with Crippen LogP contribution in [0.15, 0.2) is 6.07 Å². The zero-order valence-corrected chi connectivity index (χ0v) is 14.6. The van der Waals surface area contributed by atoms with Crippen LogP contribution in [0, 0.1) is 19.8 Å². The van der Waals surface area contributed by atoms with Crippen molar-refractivity contribution >= 4 is 5.91 Å². The molecule has 5 nitrogen and oxygen atoms in total. The Labute approximate surface area is 139 Å². The third-order valence-corrected chi connectivity index (χ3v) is 5.33. The number of nitrogens with zero attached hydrogens (tertiary/aromatic N) is 3. The number of piperidine rings is 1. The Balaban J connectivity index is 1.39. The molecule has 1 N–H and O–H groups in total.